The second-order valence-electron chi connectivity index (χ2n) is 8.22. The van der Waals surface area contributed by atoms with E-state index in [1.54, 1.807) is 0 Å². The second kappa shape index (κ2) is 6.15. The number of hydrogen-bond donors (Lipinski definition) is 1. The average molecular weight is 456 g/mol. The predicted molar refractivity (Wildman–Crippen MR) is 99.3 cm³/mol. The molecule has 7 nitrogen and oxygen atoms in total. The van der Waals surface area contributed by atoms with Crippen molar-refractivity contribution in [3.8, 4) is 16.3 Å². The van der Waals surface area contributed by atoms with Gasteiger partial charge in [0.2, 0.25) is 0 Å². The summed E-state index contributed by atoms with van der Waals surface area (Å²) in [5, 5.41) is 17.5. The number of benzene rings is 1. The first-order valence-electron chi connectivity index (χ1n) is 9.56. The van der Waals surface area contributed by atoms with E-state index in [9.17, 15) is 32.3 Å². The molecule has 31 heavy (non-hydrogen) atoms. The molecule has 0 bridgehead atoms. The highest BCUT2D eigenvalue weighted by Gasteiger charge is 2.75. The molecule has 164 valence electrons. The summed E-state index contributed by atoms with van der Waals surface area (Å²) >= 11 is 0.896. The maximum Gasteiger partial charge on any atom is 0.328 e. The van der Waals surface area contributed by atoms with E-state index in [1.165, 1.54) is 4.90 Å². The third-order valence-corrected chi connectivity index (χ3v) is 7.23. The number of hydrogen-bond acceptors (Lipinski definition) is 6. The smallest absolute Gasteiger partial charge is 0.328 e. The van der Waals surface area contributed by atoms with Crippen LogP contribution in [0.1, 0.15) is 37.6 Å². The van der Waals surface area contributed by atoms with Crippen molar-refractivity contribution in [2.24, 2.45) is 0 Å². The number of phenolic OH excluding ortho intramolecular Hbond substituents is 1. The molecule has 3 fully saturated rings. The lowest BCUT2D eigenvalue weighted by Gasteiger charge is -2.30. The summed E-state index contributed by atoms with van der Waals surface area (Å²) in [6.45, 7) is 0.561. The molecular weight excluding hydrogens is 440 g/mol. The van der Waals surface area contributed by atoms with Crippen molar-refractivity contribution >= 4 is 23.3 Å². The predicted octanol–water partition coefficient (Wildman–Crippen LogP) is 3.67. The minimum absolute atomic E-state index is 0.0428. The third kappa shape index (κ3) is 2.70. The third-order valence-electron chi connectivity index (χ3n) is 6.29. The highest BCUT2D eigenvalue weighted by atomic mass is 32.1. The molecule has 1 saturated heterocycles. The van der Waals surface area contributed by atoms with E-state index < -0.39 is 46.3 Å². The van der Waals surface area contributed by atoms with Gasteiger partial charge in [-0.2, -0.15) is 0 Å². The number of nitrogens with zero attached hydrogens (tertiary/aromatic N) is 4. The van der Waals surface area contributed by atoms with Crippen molar-refractivity contribution in [1.29, 1.82) is 0 Å². The Balaban J connectivity index is 1.43. The number of carbonyl (C=O) groups excluding carboxylic acids is 2. The number of imide groups is 1. The fourth-order valence-electron chi connectivity index (χ4n) is 4.16. The summed E-state index contributed by atoms with van der Waals surface area (Å²) in [4.78, 5) is 28.0. The van der Waals surface area contributed by atoms with E-state index in [0.717, 1.165) is 28.4 Å². The van der Waals surface area contributed by atoms with Gasteiger partial charge in [-0.1, -0.05) is 11.3 Å². The number of alkyl halides is 2. The van der Waals surface area contributed by atoms with Gasteiger partial charge in [0, 0.05) is 6.92 Å². The first kappa shape index (κ1) is 20.2. The van der Waals surface area contributed by atoms with Gasteiger partial charge in [0.1, 0.15) is 16.1 Å². The standard InChI is InChI=1S/C19H16F4N4O3S/c1-17(22,23)19(6-7-19)27-15(29)18(4-5-18)26(16(27)30)8-11-24-25-14(31-11)9-2-3-10(20)13(28)12(9)21/h2-3,28H,4-8H2,1H3. The maximum absolute atomic E-state index is 14.2. The normalized spacial score (nSPS) is 21.3. The molecule has 0 unspecified atom stereocenters. The van der Waals surface area contributed by atoms with Crippen LogP contribution in [0.3, 0.4) is 0 Å². The number of carbonyl (C=O) groups is 2. The van der Waals surface area contributed by atoms with E-state index in [2.05, 4.69) is 10.2 Å². The van der Waals surface area contributed by atoms with Crippen LogP contribution in [0.25, 0.3) is 10.6 Å². The number of phenols is 1. The summed E-state index contributed by atoms with van der Waals surface area (Å²) in [6.07, 6.45) is 0.833. The molecule has 2 aromatic rings. The Kier molecular flexibility index (Phi) is 4.00. The molecule has 1 N–H and O–H groups in total. The SMILES string of the molecule is CC(F)(F)C1(N2C(=O)N(Cc3nnc(-c4ccc(F)c(O)c4F)s3)C3(CC3)C2=O)CC1. The van der Waals surface area contributed by atoms with E-state index >= 15 is 0 Å². The lowest BCUT2D eigenvalue weighted by Crippen LogP contribution is -2.52. The molecule has 1 aromatic carbocycles. The number of halogens is 4. The van der Waals surface area contributed by atoms with Gasteiger partial charge in [0.05, 0.1) is 12.1 Å². The Morgan fingerprint density at radius 3 is 2.42 bits per heavy atom. The van der Waals surface area contributed by atoms with Crippen molar-refractivity contribution in [2.75, 3.05) is 0 Å². The zero-order valence-electron chi connectivity index (χ0n) is 16.2. The molecule has 1 aromatic heterocycles. The van der Waals surface area contributed by atoms with E-state index in [4.69, 9.17) is 0 Å². The second-order valence-corrected chi connectivity index (χ2v) is 9.28. The molecule has 1 aliphatic heterocycles. The maximum atomic E-state index is 14.2. The van der Waals surface area contributed by atoms with Crippen LogP contribution in [-0.2, 0) is 11.3 Å². The van der Waals surface area contributed by atoms with Crippen LogP contribution in [0.5, 0.6) is 5.75 Å². The highest BCUT2D eigenvalue weighted by molar-refractivity contribution is 7.14. The molecule has 5 rings (SSSR count). The fraction of sp³-hybridized carbons (Fsp3) is 0.474. The van der Waals surface area contributed by atoms with Gasteiger partial charge in [-0.25, -0.2) is 27.3 Å². The van der Waals surface area contributed by atoms with Gasteiger partial charge >= 0.3 is 6.03 Å². The van der Waals surface area contributed by atoms with Gasteiger partial charge in [-0.15, -0.1) is 10.2 Å². The van der Waals surface area contributed by atoms with E-state index in [1.807, 2.05) is 0 Å². The Morgan fingerprint density at radius 2 is 1.84 bits per heavy atom. The summed E-state index contributed by atoms with van der Waals surface area (Å²) in [6, 6.07) is 1.20. The van der Waals surface area contributed by atoms with Gasteiger partial charge in [0.25, 0.3) is 11.8 Å². The highest BCUT2D eigenvalue weighted by Crippen LogP contribution is 2.59. The Labute approximate surface area is 177 Å². The van der Waals surface area contributed by atoms with Crippen molar-refractivity contribution in [3.05, 3.63) is 28.8 Å². The molecule has 12 heteroatoms. The van der Waals surface area contributed by atoms with Crippen LogP contribution < -0.4 is 0 Å². The number of urea groups is 1. The summed E-state index contributed by atoms with van der Waals surface area (Å²) in [5.74, 6) is -7.29. The summed E-state index contributed by atoms with van der Waals surface area (Å²) in [5.41, 5.74) is -3.10. The first-order valence-corrected chi connectivity index (χ1v) is 10.4. The monoisotopic (exact) mass is 456 g/mol. The molecule has 1 spiro atoms. The molecule has 0 radical (unpaired) electrons. The Morgan fingerprint density at radius 1 is 1.16 bits per heavy atom. The minimum Gasteiger partial charge on any atom is -0.503 e. The lowest BCUT2D eigenvalue weighted by molar-refractivity contribution is -0.140. The van der Waals surface area contributed by atoms with Gasteiger partial charge < -0.3 is 10.0 Å². The van der Waals surface area contributed by atoms with Crippen molar-refractivity contribution < 1.29 is 32.3 Å². The quantitative estimate of drug-likeness (QED) is 0.548. The van der Waals surface area contributed by atoms with Crippen LogP contribution in [0.15, 0.2) is 12.1 Å². The molecule has 2 saturated carbocycles. The van der Waals surface area contributed by atoms with Crippen molar-refractivity contribution in [1.82, 2.24) is 20.0 Å². The zero-order valence-corrected chi connectivity index (χ0v) is 17.0. The average Bonchev–Trinajstić information content (AvgIpc) is 3.61. The van der Waals surface area contributed by atoms with E-state index in [0.29, 0.717) is 19.8 Å². The molecule has 0 atom stereocenters. The molecule has 2 heterocycles. The summed E-state index contributed by atoms with van der Waals surface area (Å²) in [7, 11) is 0. The first-order chi connectivity index (χ1) is 14.5. The zero-order chi connectivity index (χ0) is 22.3. The molecule has 3 aliphatic rings. The van der Waals surface area contributed by atoms with Crippen molar-refractivity contribution in [2.45, 2.75) is 56.2 Å². The topological polar surface area (TPSA) is 86.6 Å². The summed E-state index contributed by atoms with van der Waals surface area (Å²) < 4.78 is 55.9. The molecule has 2 aliphatic carbocycles. The van der Waals surface area contributed by atoms with Crippen LogP contribution >= 0.6 is 11.3 Å². The van der Waals surface area contributed by atoms with E-state index in [-0.39, 0.29) is 35.0 Å². The van der Waals surface area contributed by atoms with Crippen LogP contribution in [0.2, 0.25) is 0 Å². The van der Waals surface area contributed by atoms with Gasteiger partial charge in [-0.3, -0.25) is 4.79 Å². The van der Waals surface area contributed by atoms with Crippen LogP contribution in [-0.4, -0.2) is 54.0 Å². The van der Waals surface area contributed by atoms with Gasteiger partial charge in [0.15, 0.2) is 22.4 Å². The fourth-order valence-corrected chi connectivity index (χ4v) is 5.01. The molecule has 3 amide bonds. The lowest BCUT2D eigenvalue weighted by atomic mass is 10.1. The van der Waals surface area contributed by atoms with Crippen LogP contribution in [0, 0.1) is 11.6 Å². The van der Waals surface area contributed by atoms with Crippen LogP contribution in [0.4, 0.5) is 22.4 Å². The number of rotatable bonds is 5. The largest absolute Gasteiger partial charge is 0.503 e. The Hall–Kier alpha value is -2.76. The molecular formula is C19H16F4N4O3S. The number of aromatic nitrogens is 2. The van der Waals surface area contributed by atoms with Crippen molar-refractivity contribution in [3.63, 3.8) is 0 Å². The Bertz CT molecular complexity index is 1120. The number of aromatic hydroxyl groups is 1. The van der Waals surface area contributed by atoms with Gasteiger partial charge in [-0.05, 0) is 37.8 Å². The minimum atomic E-state index is -3.22. The number of amides is 3.